The number of carbonyl (C=O) groups is 1. The van der Waals surface area contributed by atoms with E-state index >= 15 is 0 Å². The van der Waals surface area contributed by atoms with E-state index in [4.69, 9.17) is 8.92 Å². The van der Waals surface area contributed by atoms with Gasteiger partial charge in [0.1, 0.15) is 5.60 Å². The normalized spacial score (nSPS) is 19.0. The molecule has 6 nitrogen and oxygen atoms in total. The number of hydrogen-bond acceptors (Lipinski definition) is 5. The lowest BCUT2D eigenvalue weighted by Crippen LogP contribution is -2.41. The number of hydrogen-bond donors (Lipinski definition) is 0. The predicted octanol–water partition coefficient (Wildman–Crippen LogP) is 3.06. The van der Waals surface area contributed by atoms with Crippen molar-refractivity contribution in [3.63, 3.8) is 0 Å². The Hall–Kier alpha value is -1.60. The largest absolute Gasteiger partial charge is 0.444 e. The second-order valence-electron chi connectivity index (χ2n) is 6.63. The summed E-state index contributed by atoms with van der Waals surface area (Å²) in [5.41, 5.74) is 0.320. The highest BCUT2D eigenvalue weighted by molar-refractivity contribution is 7.86. The van der Waals surface area contributed by atoms with Crippen molar-refractivity contribution in [1.82, 2.24) is 4.90 Å². The summed E-state index contributed by atoms with van der Waals surface area (Å²) in [5, 5.41) is 0. The molecule has 1 heterocycles. The third-order valence-electron chi connectivity index (χ3n) is 3.37. The molecule has 0 aromatic heterocycles. The minimum Gasteiger partial charge on any atom is -0.444 e. The molecule has 0 saturated carbocycles. The molecule has 0 aliphatic carbocycles. The molecule has 1 aliphatic rings. The molecule has 0 bridgehead atoms. The molecule has 23 heavy (non-hydrogen) atoms. The van der Waals surface area contributed by atoms with Gasteiger partial charge in [0.25, 0.3) is 10.1 Å². The summed E-state index contributed by atoms with van der Waals surface area (Å²) in [7, 11) is -3.92. The molecular weight excluding hydrogens is 318 g/mol. The van der Waals surface area contributed by atoms with Gasteiger partial charge in [-0.3, -0.25) is 4.90 Å². The first-order valence-corrected chi connectivity index (χ1v) is 8.99. The lowest BCUT2D eigenvalue weighted by Gasteiger charge is -2.28. The molecule has 1 aliphatic heterocycles. The van der Waals surface area contributed by atoms with E-state index in [2.05, 4.69) is 0 Å². The fourth-order valence-corrected chi connectivity index (χ4v) is 3.35. The van der Waals surface area contributed by atoms with Crippen LogP contribution in [0.1, 0.15) is 39.2 Å². The SMILES string of the molecule is Cc1ccc(S(=O)(=O)OC2CCCN2C(=O)OC(C)(C)C)cc1. The number of ether oxygens (including phenoxy) is 1. The monoisotopic (exact) mass is 341 g/mol. The Morgan fingerprint density at radius 3 is 2.39 bits per heavy atom. The molecule has 2 rings (SSSR count). The van der Waals surface area contributed by atoms with Crippen LogP contribution in [0.25, 0.3) is 0 Å². The van der Waals surface area contributed by atoms with E-state index in [1.54, 1.807) is 32.9 Å². The number of nitrogens with zero attached hydrogens (tertiary/aromatic N) is 1. The molecule has 1 aromatic rings. The number of likely N-dealkylation sites (tertiary alicyclic amines) is 1. The van der Waals surface area contributed by atoms with Crippen molar-refractivity contribution in [2.24, 2.45) is 0 Å². The number of aryl methyl sites for hydroxylation is 1. The van der Waals surface area contributed by atoms with E-state index in [9.17, 15) is 13.2 Å². The zero-order valence-corrected chi connectivity index (χ0v) is 14.7. The first kappa shape index (κ1) is 17.7. The van der Waals surface area contributed by atoms with E-state index in [-0.39, 0.29) is 4.90 Å². The maximum absolute atomic E-state index is 12.4. The van der Waals surface area contributed by atoms with Crippen LogP contribution in [-0.2, 0) is 19.0 Å². The zero-order chi connectivity index (χ0) is 17.3. The summed E-state index contributed by atoms with van der Waals surface area (Å²) in [6.07, 6.45) is -0.243. The molecular formula is C16H23NO5S. The zero-order valence-electron chi connectivity index (χ0n) is 13.9. The smallest absolute Gasteiger partial charge is 0.412 e. The second kappa shape index (κ2) is 6.49. The van der Waals surface area contributed by atoms with Gasteiger partial charge in [-0.05, 0) is 52.7 Å². The number of amides is 1. The number of rotatable bonds is 3. The van der Waals surface area contributed by atoms with Crippen molar-refractivity contribution >= 4 is 16.2 Å². The molecule has 0 radical (unpaired) electrons. The summed E-state index contributed by atoms with van der Waals surface area (Å²) in [4.78, 5) is 13.6. The molecule has 7 heteroatoms. The standard InChI is InChI=1S/C16H23NO5S/c1-12-7-9-13(10-8-12)23(19,20)22-14-6-5-11-17(14)15(18)21-16(2,3)4/h7-10,14H,5-6,11H2,1-4H3. The summed E-state index contributed by atoms with van der Waals surface area (Å²) in [5.74, 6) is 0. The third-order valence-corrected chi connectivity index (χ3v) is 4.70. The Kier molecular flexibility index (Phi) is 5.01. The van der Waals surface area contributed by atoms with Crippen LogP contribution in [0, 0.1) is 6.92 Å². The predicted molar refractivity (Wildman–Crippen MR) is 85.4 cm³/mol. The molecule has 0 N–H and O–H groups in total. The molecule has 1 aromatic carbocycles. The Balaban J connectivity index is 2.11. The van der Waals surface area contributed by atoms with Gasteiger partial charge in [0.15, 0.2) is 6.23 Å². The van der Waals surface area contributed by atoms with Gasteiger partial charge in [0.2, 0.25) is 0 Å². The summed E-state index contributed by atoms with van der Waals surface area (Å²) >= 11 is 0. The average Bonchev–Trinajstić information content (AvgIpc) is 2.84. The van der Waals surface area contributed by atoms with Crippen LogP contribution in [-0.4, -0.2) is 37.8 Å². The summed E-state index contributed by atoms with van der Waals surface area (Å²) < 4.78 is 35.3. The average molecular weight is 341 g/mol. The number of benzene rings is 1. The molecule has 1 fully saturated rings. The van der Waals surface area contributed by atoms with Gasteiger partial charge in [-0.1, -0.05) is 17.7 Å². The maximum Gasteiger partial charge on any atom is 0.412 e. The van der Waals surface area contributed by atoms with Crippen LogP contribution < -0.4 is 0 Å². The van der Waals surface area contributed by atoms with Crippen molar-refractivity contribution in [3.05, 3.63) is 29.8 Å². The summed E-state index contributed by atoms with van der Waals surface area (Å²) in [6.45, 7) is 7.58. The first-order chi connectivity index (χ1) is 10.6. The Morgan fingerprint density at radius 1 is 1.22 bits per heavy atom. The van der Waals surface area contributed by atoms with Crippen LogP contribution in [0.3, 0.4) is 0 Å². The van der Waals surface area contributed by atoms with Gasteiger partial charge in [0.05, 0.1) is 4.90 Å². The van der Waals surface area contributed by atoms with Crippen LogP contribution in [0.15, 0.2) is 29.2 Å². The minimum absolute atomic E-state index is 0.0825. The van der Waals surface area contributed by atoms with Crippen molar-refractivity contribution in [2.75, 3.05) is 6.54 Å². The minimum atomic E-state index is -3.92. The van der Waals surface area contributed by atoms with Gasteiger partial charge in [0, 0.05) is 6.54 Å². The van der Waals surface area contributed by atoms with Crippen LogP contribution in [0.5, 0.6) is 0 Å². The van der Waals surface area contributed by atoms with E-state index in [1.165, 1.54) is 17.0 Å². The van der Waals surface area contributed by atoms with Gasteiger partial charge < -0.3 is 4.74 Å². The summed E-state index contributed by atoms with van der Waals surface area (Å²) in [6, 6.07) is 6.40. The van der Waals surface area contributed by atoms with Crippen molar-refractivity contribution in [3.8, 4) is 0 Å². The Labute approximate surface area is 137 Å². The molecule has 128 valence electrons. The molecule has 1 atom stereocenters. The molecule has 1 saturated heterocycles. The lowest BCUT2D eigenvalue weighted by atomic mass is 10.2. The molecule has 1 amide bonds. The fourth-order valence-electron chi connectivity index (χ4n) is 2.27. The Bertz CT molecular complexity index is 661. The Morgan fingerprint density at radius 2 is 1.83 bits per heavy atom. The van der Waals surface area contributed by atoms with Gasteiger partial charge in [-0.2, -0.15) is 8.42 Å². The molecule has 1 unspecified atom stereocenters. The number of carbonyl (C=O) groups excluding carboxylic acids is 1. The quantitative estimate of drug-likeness (QED) is 0.790. The van der Waals surface area contributed by atoms with Crippen LogP contribution in [0.4, 0.5) is 4.79 Å². The highest BCUT2D eigenvalue weighted by atomic mass is 32.2. The van der Waals surface area contributed by atoms with Crippen LogP contribution in [0.2, 0.25) is 0 Å². The highest BCUT2D eigenvalue weighted by Crippen LogP contribution is 2.25. The second-order valence-corrected chi connectivity index (χ2v) is 8.21. The van der Waals surface area contributed by atoms with E-state index < -0.39 is 28.0 Å². The van der Waals surface area contributed by atoms with E-state index in [0.717, 1.165) is 5.56 Å². The van der Waals surface area contributed by atoms with Gasteiger partial charge >= 0.3 is 6.09 Å². The van der Waals surface area contributed by atoms with Crippen molar-refractivity contribution in [1.29, 1.82) is 0 Å². The topological polar surface area (TPSA) is 72.9 Å². The van der Waals surface area contributed by atoms with Crippen LogP contribution >= 0.6 is 0 Å². The first-order valence-electron chi connectivity index (χ1n) is 7.58. The van der Waals surface area contributed by atoms with Gasteiger partial charge in [-0.25, -0.2) is 8.98 Å². The maximum atomic E-state index is 12.4. The molecule has 0 spiro atoms. The van der Waals surface area contributed by atoms with Crippen molar-refractivity contribution < 1.29 is 22.1 Å². The van der Waals surface area contributed by atoms with E-state index in [1.807, 2.05) is 6.92 Å². The van der Waals surface area contributed by atoms with E-state index in [0.29, 0.717) is 19.4 Å². The third kappa shape index (κ3) is 4.68. The van der Waals surface area contributed by atoms with Gasteiger partial charge in [-0.15, -0.1) is 0 Å². The lowest BCUT2D eigenvalue weighted by molar-refractivity contribution is -0.00323. The highest BCUT2D eigenvalue weighted by Gasteiger charge is 2.36. The fraction of sp³-hybridized carbons (Fsp3) is 0.562. The van der Waals surface area contributed by atoms with Crippen molar-refractivity contribution in [2.45, 2.75) is 57.3 Å².